The summed E-state index contributed by atoms with van der Waals surface area (Å²) in [5.74, 6) is 0.557. The van der Waals surface area contributed by atoms with E-state index < -0.39 is 0 Å². The summed E-state index contributed by atoms with van der Waals surface area (Å²) in [7, 11) is 0. The molecular weight excluding hydrogens is 162 g/mol. The first-order chi connectivity index (χ1) is 5.89. The normalized spacial score (nSPS) is 13.5. The largest absolute Gasteiger partial charge is 0.370 e. The van der Waals surface area contributed by atoms with Gasteiger partial charge >= 0.3 is 0 Å². The summed E-state index contributed by atoms with van der Waals surface area (Å²) in [6.45, 7) is 10.5. The van der Waals surface area contributed by atoms with Crippen molar-refractivity contribution in [1.82, 2.24) is 5.32 Å². The van der Waals surface area contributed by atoms with Gasteiger partial charge < -0.3 is 11.1 Å². The zero-order valence-electron chi connectivity index (χ0n) is 9.52. The van der Waals surface area contributed by atoms with Crippen molar-refractivity contribution in [2.45, 2.75) is 59.0 Å². The van der Waals surface area contributed by atoms with Crippen LogP contribution >= 0.6 is 0 Å². The first kappa shape index (κ1) is 12.3. The van der Waals surface area contributed by atoms with Gasteiger partial charge in [-0.05, 0) is 33.6 Å². The van der Waals surface area contributed by atoms with E-state index in [0.29, 0.717) is 12.0 Å². The highest BCUT2D eigenvalue weighted by atomic mass is 15.1. The van der Waals surface area contributed by atoms with Crippen LogP contribution in [0.2, 0.25) is 0 Å². The van der Waals surface area contributed by atoms with E-state index in [1.165, 1.54) is 0 Å². The average Bonchev–Trinajstić information content (AvgIpc) is 1.96. The molecule has 0 bridgehead atoms. The second kappa shape index (κ2) is 5.10. The summed E-state index contributed by atoms with van der Waals surface area (Å²) in [5, 5.41) is 3.15. The molecule has 0 aromatic carbocycles. The van der Waals surface area contributed by atoms with Gasteiger partial charge in [0, 0.05) is 5.54 Å². The predicted octanol–water partition coefficient (Wildman–Crippen LogP) is 1.88. The first-order valence-electron chi connectivity index (χ1n) is 5.00. The fourth-order valence-corrected chi connectivity index (χ4v) is 1.08. The van der Waals surface area contributed by atoms with Crippen LogP contribution in [0.1, 0.15) is 47.5 Å². The fraction of sp³-hybridized carbons (Fsp3) is 0.900. The van der Waals surface area contributed by atoms with E-state index in [1.807, 2.05) is 0 Å². The lowest BCUT2D eigenvalue weighted by Gasteiger charge is -2.22. The highest BCUT2D eigenvalue weighted by Gasteiger charge is 2.10. The lowest BCUT2D eigenvalue weighted by Crippen LogP contribution is -2.45. The molecule has 0 saturated heterocycles. The molecule has 0 aliphatic carbocycles. The zero-order chi connectivity index (χ0) is 10.5. The Hall–Kier alpha value is -0.730. The van der Waals surface area contributed by atoms with Crippen LogP contribution < -0.4 is 11.1 Å². The van der Waals surface area contributed by atoms with Crippen molar-refractivity contribution in [3.05, 3.63) is 0 Å². The van der Waals surface area contributed by atoms with Gasteiger partial charge in [0.2, 0.25) is 0 Å². The molecule has 0 aromatic heterocycles. The van der Waals surface area contributed by atoms with Gasteiger partial charge in [-0.25, -0.2) is 0 Å². The van der Waals surface area contributed by atoms with Crippen LogP contribution in [0, 0.1) is 0 Å². The van der Waals surface area contributed by atoms with E-state index in [-0.39, 0.29) is 5.54 Å². The van der Waals surface area contributed by atoms with Gasteiger partial charge in [-0.3, -0.25) is 4.99 Å². The SMILES string of the molecule is CCC(CC)N=C(N)NC(C)(C)C. The molecular formula is C10H23N3. The van der Waals surface area contributed by atoms with Crippen molar-refractivity contribution in [3.8, 4) is 0 Å². The van der Waals surface area contributed by atoms with E-state index in [9.17, 15) is 0 Å². The quantitative estimate of drug-likeness (QED) is 0.521. The Labute approximate surface area is 81.8 Å². The monoisotopic (exact) mass is 185 g/mol. The van der Waals surface area contributed by atoms with Crippen LogP contribution in [-0.2, 0) is 0 Å². The molecule has 0 aromatic rings. The van der Waals surface area contributed by atoms with Gasteiger partial charge in [0.15, 0.2) is 5.96 Å². The Kier molecular flexibility index (Phi) is 4.81. The predicted molar refractivity (Wildman–Crippen MR) is 58.9 cm³/mol. The lowest BCUT2D eigenvalue weighted by atomic mass is 10.1. The number of guanidine groups is 1. The molecule has 0 heterocycles. The molecule has 0 spiro atoms. The standard InChI is InChI=1S/C10H23N3/c1-6-8(7-2)12-9(11)13-10(3,4)5/h8H,6-7H2,1-5H3,(H3,11,12,13). The van der Waals surface area contributed by atoms with Crippen LogP contribution in [0.15, 0.2) is 4.99 Å². The van der Waals surface area contributed by atoms with E-state index in [2.05, 4.69) is 44.9 Å². The number of aliphatic imine (C=N–C) groups is 1. The summed E-state index contributed by atoms with van der Waals surface area (Å²) in [5.41, 5.74) is 5.75. The molecule has 0 radical (unpaired) electrons. The van der Waals surface area contributed by atoms with Crippen LogP contribution in [0.5, 0.6) is 0 Å². The van der Waals surface area contributed by atoms with Gasteiger partial charge in [-0.15, -0.1) is 0 Å². The summed E-state index contributed by atoms with van der Waals surface area (Å²) < 4.78 is 0. The van der Waals surface area contributed by atoms with Crippen LogP contribution in [-0.4, -0.2) is 17.5 Å². The minimum Gasteiger partial charge on any atom is -0.370 e. The van der Waals surface area contributed by atoms with Crippen molar-refractivity contribution >= 4 is 5.96 Å². The third-order valence-electron chi connectivity index (χ3n) is 1.77. The molecule has 0 atom stereocenters. The maximum atomic E-state index is 5.75. The lowest BCUT2D eigenvalue weighted by molar-refractivity contribution is 0.504. The van der Waals surface area contributed by atoms with Crippen molar-refractivity contribution in [1.29, 1.82) is 0 Å². The minimum absolute atomic E-state index is 0.000381. The Balaban J connectivity index is 4.15. The molecule has 3 N–H and O–H groups in total. The Bertz CT molecular complexity index is 163. The van der Waals surface area contributed by atoms with Crippen LogP contribution in [0.3, 0.4) is 0 Å². The van der Waals surface area contributed by atoms with Crippen molar-refractivity contribution in [2.75, 3.05) is 0 Å². The molecule has 0 unspecified atom stereocenters. The molecule has 3 heteroatoms. The second-order valence-electron chi connectivity index (χ2n) is 4.36. The summed E-state index contributed by atoms with van der Waals surface area (Å²) in [6.07, 6.45) is 2.09. The molecule has 3 nitrogen and oxygen atoms in total. The topological polar surface area (TPSA) is 50.4 Å². The molecule has 0 fully saturated rings. The van der Waals surface area contributed by atoms with Crippen LogP contribution in [0.4, 0.5) is 0 Å². The number of nitrogens with one attached hydrogen (secondary N) is 1. The van der Waals surface area contributed by atoms with Crippen molar-refractivity contribution < 1.29 is 0 Å². The highest BCUT2D eigenvalue weighted by Crippen LogP contribution is 2.03. The molecule has 78 valence electrons. The highest BCUT2D eigenvalue weighted by molar-refractivity contribution is 5.78. The first-order valence-corrected chi connectivity index (χ1v) is 5.00. The van der Waals surface area contributed by atoms with E-state index in [1.54, 1.807) is 0 Å². The number of hydrogen-bond donors (Lipinski definition) is 2. The third-order valence-corrected chi connectivity index (χ3v) is 1.77. The maximum absolute atomic E-state index is 5.75. The number of hydrogen-bond acceptors (Lipinski definition) is 1. The van der Waals surface area contributed by atoms with E-state index >= 15 is 0 Å². The minimum atomic E-state index is -0.000381. The molecule has 0 saturated carbocycles. The molecule has 13 heavy (non-hydrogen) atoms. The van der Waals surface area contributed by atoms with Gasteiger partial charge in [0.25, 0.3) is 0 Å². The fourth-order valence-electron chi connectivity index (χ4n) is 1.08. The van der Waals surface area contributed by atoms with Crippen molar-refractivity contribution in [3.63, 3.8) is 0 Å². The zero-order valence-corrected chi connectivity index (χ0v) is 9.52. The molecule has 0 amide bonds. The van der Waals surface area contributed by atoms with Gasteiger partial charge in [-0.1, -0.05) is 13.8 Å². The molecule has 0 aliphatic rings. The smallest absolute Gasteiger partial charge is 0.189 e. The maximum Gasteiger partial charge on any atom is 0.189 e. The number of nitrogens with zero attached hydrogens (tertiary/aromatic N) is 1. The van der Waals surface area contributed by atoms with Crippen LogP contribution in [0.25, 0.3) is 0 Å². The summed E-state index contributed by atoms with van der Waals surface area (Å²) in [4.78, 5) is 4.38. The number of nitrogens with two attached hydrogens (primary N) is 1. The Morgan fingerprint density at radius 1 is 1.31 bits per heavy atom. The third kappa shape index (κ3) is 6.43. The number of rotatable bonds is 3. The van der Waals surface area contributed by atoms with Crippen molar-refractivity contribution in [2.24, 2.45) is 10.7 Å². The van der Waals surface area contributed by atoms with E-state index in [4.69, 9.17) is 5.73 Å². The second-order valence-corrected chi connectivity index (χ2v) is 4.36. The van der Waals surface area contributed by atoms with E-state index in [0.717, 1.165) is 12.8 Å². The molecule has 0 aliphatic heterocycles. The summed E-state index contributed by atoms with van der Waals surface area (Å²) >= 11 is 0. The Morgan fingerprint density at radius 2 is 1.77 bits per heavy atom. The summed E-state index contributed by atoms with van der Waals surface area (Å²) in [6, 6.07) is 0.356. The molecule has 0 rings (SSSR count). The Morgan fingerprint density at radius 3 is 2.08 bits per heavy atom. The van der Waals surface area contributed by atoms with Gasteiger partial charge in [-0.2, -0.15) is 0 Å². The average molecular weight is 185 g/mol. The van der Waals surface area contributed by atoms with Gasteiger partial charge in [0.05, 0.1) is 6.04 Å². The van der Waals surface area contributed by atoms with Gasteiger partial charge in [0.1, 0.15) is 0 Å².